The van der Waals surface area contributed by atoms with Crippen molar-refractivity contribution in [3.8, 4) is 0 Å². The molecule has 0 radical (unpaired) electrons. The predicted octanol–water partition coefficient (Wildman–Crippen LogP) is 5.09. The third-order valence-electron chi connectivity index (χ3n) is 3.53. The van der Waals surface area contributed by atoms with E-state index in [0.717, 1.165) is 5.39 Å². The van der Waals surface area contributed by atoms with E-state index in [1.165, 1.54) is 6.07 Å². The van der Waals surface area contributed by atoms with E-state index in [1.54, 1.807) is 44.2 Å². The van der Waals surface area contributed by atoms with E-state index in [2.05, 4.69) is 5.32 Å². The third kappa shape index (κ3) is 2.57. The molecule has 3 rings (SSSR count). The molecule has 0 aliphatic rings. The Bertz CT molecular complexity index is 886. The van der Waals surface area contributed by atoms with Crippen molar-refractivity contribution in [3.05, 3.63) is 64.1 Å². The summed E-state index contributed by atoms with van der Waals surface area (Å²) in [4.78, 5) is 12.3. The van der Waals surface area contributed by atoms with E-state index in [-0.39, 0.29) is 11.6 Å². The summed E-state index contributed by atoms with van der Waals surface area (Å²) in [6, 6.07) is 9.69. The van der Waals surface area contributed by atoms with Gasteiger partial charge in [-0.2, -0.15) is 0 Å². The average molecular weight is 318 g/mol. The van der Waals surface area contributed by atoms with E-state index < -0.39 is 5.91 Å². The number of furan rings is 1. The summed E-state index contributed by atoms with van der Waals surface area (Å²) in [5.41, 5.74) is 2.18. The quantitative estimate of drug-likeness (QED) is 0.715. The molecule has 0 aliphatic heterocycles. The Morgan fingerprint density at radius 3 is 2.68 bits per heavy atom. The molecule has 2 aromatic carbocycles. The molecule has 0 spiro atoms. The number of carbonyl (C=O) groups excluding carboxylic acids is 1. The van der Waals surface area contributed by atoms with Crippen LogP contribution in [-0.2, 0) is 0 Å². The van der Waals surface area contributed by atoms with Crippen LogP contribution in [-0.4, -0.2) is 5.91 Å². The number of hydrogen-bond acceptors (Lipinski definition) is 2. The number of carbonyl (C=O) groups is 1. The van der Waals surface area contributed by atoms with Crippen LogP contribution in [0.2, 0.25) is 5.02 Å². The van der Waals surface area contributed by atoms with Gasteiger partial charge < -0.3 is 9.73 Å². The number of benzene rings is 2. The molecule has 0 bridgehead atoms. The molecule has 1 heterocycles. The highest BCUT2D eigenvalue weighted by atomic mass is 35.5. The number of fused-ring (bicyclic) bond motifs is 1. The maximum absolute atomic E-state index is 13.5. The van der Waals surface area contributed by atoms with Crippen molar-refractivity contribution in [1.82, 2.24) is 0 Å². The van der Waals surface area contributed by atoms with Crippen LogP contribution < -0.4 is 5.32 Å². The molecule has 3 nitrogen and oxygen atoms in total. The first kappa shape index (κ1) is 14.6. The van der Waals surface area contributed by atoms with Crippen molar-refractivity contribution >= 4 is 34.2 Å². The Morgan fingerprint density at radius 1 is 1.18 bits per heavy atom. The van der Waals surface area contributed by atoms with Crippen LogP contribution >= 0.6 is 11.6 Å². The Balaban J connectivity index is 1.95. The summed E-state index contributed by atoms with van der Waals surface area (Å²) < 4.78 is 19.1. The number of aryl methyl sites for hydroxylation is 2. The normalized spacial score (nSPS) is 10.9. The summed E-state index contributed by atoms with van der Waals surface area (Å²) in [5.74, 6) is -0.600. The Labute approximate surface area is 131 Å². The first-order chi connectivity index (χ1) is 10.5. The number of rotatable bonds is 2. The van der Waals surface area contributed by atoms with Gasteiger partial charge in [0.2, 0.25) is 0 Å². The molecule has 0 saturated heterocycles. The maximum Gasteiger partial charge on any atom is 0.291 e. The largest absolute Gasteiger partial charge is 0.451 e. The lowest BCUT2D eigenvalue weighted by Crippen LogP contribution is -2.12. The van der Waals surface area contributed by atoms with Crippen molar-refractivity contribution in [2.45, 2.75) is 13.8 Å². The minimum absolute atomic E-state index is 0.193. The summed E-state index contributed by atoms with van der Waals surface area (Å²) >= 11 is 5.96. The predicted molar refractivity (Wildman–Crippen MR) is 85.1 cm³/mol. The zero-order valence-corrected chi connectivity index (χ0v) is 12.8. The second kappa shape index (κ2) is 5.46. The van der Waals surface area contributed by atoms with Crippen molar-refractivity contribution in [3.63, 3.8) is 0 Å². The molecule has 112 valence electrons. The first-order valence-corrected chi connectivity index (χ1v) is 7.09. The third-order valence-corrected chi connectivity index (χ3v) is 3.77. The standard InChI is InChI=1S/C17H13ClFNO2/c1-9-3-5-12(8-14(9)19)20-17(21)16-10(2)13-7-11(18)4-6-15(13)22-16/h3-8H,1-2H3,(H,20,21). The van der Waals surface area contributed by atoms with Crippen molar-refractivity contribution in [1.29, 1.82) is 0 Å². The first-order valence-electron chi connectivity index (χ1n) is 6.72. The Morgan fingerprint density at radius 2 is 1.95 bits per heavy atom. The fourth-order valence-corrected chi connectivity index (χ4v) is 2.44. The molecule has 1 aromatic heterocycles. The molecular weight excluding hydrogens is 305 g/mol. The van der Waals surface area contributed by atoms with Crippen molar-refractivity contribution in [2.75, 3.05) is 5.32 Å². The number of anilines is 1. The van der Waals surface area contributed by atoms with Crippen LogP contribution in [0.5, 0.6) is 0 Å². The minimum Gasteiger partial charge on any atom is -0.451 e. The van der Waals surface area contributed by atoms with Gasteiger partial charge >= 0.3 is 0 Å². The Kier molecular flexibility index (Phi) is 3.62. The van der Waals surface area contributed by atoms with E-state index in [1.807, 2.05) is 0 Å². The molecule has 0 saturated carbocycles. The van der Waals surface area contributed by atoms with Crippen LogP contribution in [0.4, 0.5) is 10.1 Å². The topological polar surface area (TPSA) is 42.2 Å². The highest BCUT2D eigenvalue weighted by molar-refractivity contribution is 6.31. The fourth-order valence-electron chi connectivity index (χ4n) is 2.27. The zero-order chi connectivity index (χ0) is 15.9. The van der Waals surface area contributed by atoms with Gasteiger partial charge in [0.1, 0.15) is 11.4 Å². The molecule has 0 atom stereocenters. The number of nitrogens with one attached hydrogen (secondary N) is 1. The monoisotopic (exact) mass is 317 g/mol. The SMILES string of the molecule is Cc1ccc(NC(=O)c2oc3ccc(Cl)cc3c2C)cc1F. The summed E-state index contributed by atoms with van der Waals surface area (Å²) in [6.45, 7) is 3.45. The van der Waals surface area contributed by atoms with Gasteiger partial charge in [-0.05, 0) is 49.7 Å². The second-order valence-electron chi connectivity index (χ2n) is 5.11. The van der Waals surface area contributed by atoms with Gasteiger partial charge in [-0.15, -0.1) is 0 Å². The lowest BCUT2D eigenvalue weighted by molar-refractivity contribution is 0.0998. The van der Waals surface area contributed by atoms with E-state index >= 15 is 0 Å². The van der Waals surface area contributed by atoms with Crippen LogP contribution in [0.1, 0.15) is 21.7 Å². The number of amides is 1. The fraction of sp³-hybridized carbons (Fsp3) is 0.118. The molecule has 0 aliphatic carbocycles. The van der Waals surface area contributed by atoms with Crippen molar-refractivity contribution in [2.24, 2.45) is 0 Å². The van der Waals surface area contributed by atoms with Gasteiger partial charge in [-0.25, -0.2) is 4.39 Å². The average Bonchev–Trinajstić information content (AvgIpc) is 2.80. The van der Waals surface area contributed by atoms with Crippen molar-refractivity contribution < 1.29 is 13.6 Å². The maximum atomic E-state index is 13.5. The number of hydrogen-bond donors (Lipinski definition) is 1. The molecular formula is C17H13ClFNO2. The van der Waals surface area contributed by atoms with Gasteiger partial charge in [0.25, 0.3) is 5.91 Å². The van der Waals surface area contributed by atoms with Crippen LogP contribution in [0.25, 0.3) is 11.0 Å². The minimum atomic E-state index is -0.423. The molecule has 0 unspecified atom stereocenters. The van der Waals surface area contributed by atoms with E-state index in [4.69, 9.17) is 16.0 Å². The summed E-state index contributed by atoms with van der Waals surface area (Å²) in [7, 11) is 0. The lowest BCUT2D eigenvalue weighted by atomic mass is 10.1. The van der Waals surface area contributed by atoms with Gasteiger partial charge in [-0.1, -0.05) is 17.7 Å². The lowest BCUT2D eigenvalue weighted by Gasteiger charge is -2.05. The molecule has 0 fully saturated rings. The smallest absolute Gasteiger partial charge is 0.291 e. The molecule has 1 amide bonds. The van der Waals surface area contributed by atoms with Gasteiger partial charge in [0.15, 0.2) is 5.76 Å². The van der Waals surface area contributed by atoms with Gasteiger partial charge in [-0.3, -0.25) is 4.79 Å². The number of halogens is 2. The second-order valence-corrected chi connectivity index (χ2v) is 5.55. The molecule has 3 aromatic rings. The van der Waals surface area contributed by atoms with Crippen LogP contribution in [0.3, 0.4) is 0 Å². The van der Waals surface area contributed by atoms with E-state index in [0.29, 0.717) is 27.4 Å². The molecule has 5 heteroatoms. The zero-order valence-electron chi connectivity index (χ0n) is 12.0. The van der Waals surface area contributed by atoms with Crippen LogP contribution in [0.15, 0.2) is 40.8 Å². The molecule has 22 heavy (non-hydrogen) atoms. The van der Waals surface area contributed by atoms with Gasteiger partial charge in [0, 0.05) is 21.7 Å². The van der Waals surface area contributed by atoms with Gasteiger partial charge in [0.05, 0.1) is 0 Å². The Hall–Kier alpha value is -2.33. The highest BCUT2D eigenvalue weighted by Crippen LogP contribution is 2.28. The van der Waals surface area contributed by atoms with Crippen LogP contribution in [0, 0.1) is 19.7 Å². The summed E-state index contributed by atoms with van der Waals surface area (Å²) in [6.07, 6.45) is 0. The highest BCUT2D eigenvalue weighted by Gasteiger charge is 2.18. The van der Waals surface area contributed by atoms with E-state index in [9.17, 15) is 9.18 Å². The summed E-state index contributed by atoms with van der Waals surface area (Å²) in [5, 5.41) is 4.00. The molecule has 1 N–H and O–H groups in total.